The molecule has 0 amide bonds. The molecule has 0 aliphatic carbocycles. The predicted molar refractivity (Wildman–Crippen MR) is 137 cm³/mol. The summed E-state index contributed by atoms with van der Waals surface area (Å²) in [6.07, 6.45) is 7.16. The molecule has 0 unspecified atom stereocenters. The molecular formula is C24H26ClN5O6S. The van der Waals surface area contributed by atoms with Crippen molar-refractivity contribution in [1.82, 2.24) is 19.7 Å². The molecule has 0 bridgehead atoms. The van der Waals surface area contributed by atoms with E-state index in [0.717, 1.165) is 0 Å². The van der Waals surface area contributed by atoms with E-state index < -0.39 is 22.1 Å². The largest absolute Gasteiger partial charge is 0.486 e. The first-order valence-corrected chi connectivity index (χ1v) is 13.4. The fourth-order valence-corrected chi connectivity index (χ4v) is 5.54. The second-order valence-electron chi connectivity index (χ2n) is 8.09. The zero-order valence-electron chi connectivity index (χ0n) is 20.2. The molecule has 3 heterocycles. The van der Waals surface area contributed by atoms with Crippen LogP contribution in [0.5, 0.6) is 11.6 Å². The first-order valence-electron chi connectivity index (χ1n) is 11.6. The highest BCUT2D eigenvalue weighted by atomic mass is 35.5. The van der Waals surface area contributed by atoms with Crippen molar-refractivity contribution in [2.75, 3.05) is 17.5 Å². The van der Waals surface area contributed by atoms with Crippen molar-refractivity contribution in [3.05, 3.63) is 53.2 Å². The molecule has 11 nitrogen and oxygen atoms in total. The van der Waals surface area contributed by atoms with Gasteiger partial charge in [0.1, 0.15) is 17.5 Å². The molecule has 2 aromatic heterocycles. The number of carboxylic acids is 1. The molecular weight excluding hydrogens is 522 g/mol. The van der Waals surface area contributed by atoms with Crippen molar-refractivity contribution in [1.29, 1.82) is 0 Å². The lowest BCUT2D eigenvalue weighted by Gasteiger charge is -2.35. The van der Waals surface area contributed by atoms with Gasteiger partial charge in [-0.25, -0.2) is 13.4 Å². The van der Waals surface area contributed by atoms with Gasteiger partial charge < -0.3 is 14.6 Å². The molecule has 196 valence electrons. The molecule has 0 spiro atoms. The van der Waals surface area contributed by atoms with Gasteiger partial charge in [-0.15, -0.1) is 5.10 Å². The highest BCUT2D eigenvalue weighted by Crippen LogP contribution is 2.40. The number of anilines is 1. The number of rotatable bonds is 10. The molecule has 1 aliphatic rings. The number of aliphatic carboxylic acids is 1. The van der Waals surface area contributed by atoms with Crippen molar-refractivity contribution in [2.45, 2.75) is 44.2 Å². The van der Waals surface area contributed by atoms with E-state index in [1.807, 2.05) is 6.92 Å². The Morgan fingerprint density at radius 2 is 2.05 bits per heavy atom. The van der Waals surface area contributed by atoms with Crippen LogP contribution in [0.4, 0.5) is 5.69 Å². The molecule has 1 N–H and O–H groups in total. The first kappa shape index (κ1) is 26.4. The van der Waals surface area contributed by atoms with Gasteiger partial charge in [0.2, 0.25) is 0 Å². The summed E-state index contributed by atoms with van der Waals surface area (Å²) in [5.41, 5.74) is 1.44. The molecule has 0 saturated heterocycles. The Morgan fingerprint density at radius 3 is 2.76 bits per heavy atom. The lowest BCUT2D eigenvalue weighted by molar-refractivity contribution is -0.137. The molecule has 0 radical (unpaired) electrons. The summed E-state index contributed by atoms with van der Waals surface area (Å²) in [6.45, 7) is 4.21. The van der Waals surface area contributed by atoms with Crippen molar-refractivity contribution in [3.8, 4) is 11.6 Å². The van der Waals surface area contributed by atoms with E-state index >= 15 is 0 Å². The van der Waals surface area contributed by atoms with Crippen molar-refractivity contribution in [2.24, 2.45) is 0 Å². The van der Waals surface area contributed by atoms with Gasteiger partial charge in [0, 0.05) is 31.6 Å². The van der Waals surface area contributed by atoms with Gasteiger partial charge in [0.15, 0.2) is 10.0 Å². The summed E-state index contributed by atoms with van der Waals surface area (Å²) in [6, 6.07) is 5.08. The van der Waals surface area contributed by atoms with Crippen LogP contribution in [-0.2, 0) is 21.4 Å². The highest BCUT2D eigenvalue weighted by Gasteiger charge is 2.37. The third-order valence-corrected chi connectivity index (χ3v) is 7.63. The van der Waals surface area contributed by atoms with Crippen LogP contribution in [0.1, 0.15) is 37.9 Å². The quantitative estimate of drug-likeness (QED) is 0.402. The Labute approximate surface area is 219 Å². The maximum absolute atomic E-state index is 14.0. The first-order chi connectivity index (χ1) is 17.7. The Bertz CT molecular complexity index is 1420. The van der Waals surface area contributed by atoms with Crippen LogP contribution in [0.15, 0.2) is 41.7 Å². The fourth-order valence-electron chi connectivity index (χ4n) is 3.79. The van der Waals surface area contributed by atoms with E-state index in [9.17, 15) is 13.2 Å². The summed E-state index contributed by atoms with van der Waals surface area (Å²) < 4.78 is 42.2. The number of aryl methyl sites for hydroxylation is 1. The molecule has 1 aromatic carbocycles. The predicted octanol–water partition coefficient (Wildman–Crippen LogP) is 3.74. The van der Waals surface area contributed by atoms with Gasteiger partial charge in [0.05, 0.1) is 18.8 Å². The molecule has 13 heteroatoms. The Hall–Kier alpha value is -3.64. The zero-order valence-corrected chi connectivity index (χ0v) is 21.8. The van der Waals surface area contributed by atoms with E-state index in [4.69, 9.17) is 26.2 Å². The monoisotopic (exact) mass is 547 g/mol. The van der Waals surface area contributed by atoms with Gasteiger partial charge >= 0.3 is 5.97 Å². The number of sulfonamides is 1. The minimum Gasteiger partial charge on any atom is -0.486 e. The average Bonchev–Trinajstić information content (AvgIpc) is 3.30. The lowest BCUT2D eigenvalue weighted by Crippen LogP contribution is -2.43. The van der Waals surface area contributed by atoms with E-state index in [-0.39, 0.29) is 41.9 Å². The maximum atomic E-state index is 14.0. The van der Waals surface area contributed by atoms with Crippen molar-refractivity contribution >= 4 is 45.4 Å². The number of hydrogen-bond acceptors (Lipinski definition) is 8. The topological polar surface area (TPSA) is 137 Å². The third-order valence-electron chi connectivity index (χ3n) is 5.58. The normalized spacial score (nSPS) is 15.4. The Morgan fingerprint density at radius 1 is 1.27 bits per heavy atom. The lowest BCUT2D eigenvalue weighted by atomic mass is 10.1. The van der Waals surface area contributed by atoms with Gasteiger partial charge in [-0.05, 0) is 44.0 Å². The Kier molecular flexibility index (Phi) is 7.98. The summed E-state index contributed by atoms with van der Waals surface area (Å²) in [5.74, 6) is -0.664. The van der Waals surface area contributed by atoms with Crippen molar-refractivity contribution < 1.29 is 27.8 Å². The van der Waals surface area contributed by atoms with Gasteiger partial charge in [-0.2, -0.15) is 0 Å². The number of carbonyl (C=O) groups is 1. The number of benzene rings is 1. The third kappa shape index (κ3) is 5.86. The molecule has 1 aliphatic heterocycles. The summed E-state index contributed by atoms with van der Waals surface area (Å²) in [5, 5.41) is 13.6. The summed E-state index contributed by atoms with van der Waals surface area (Å²) in [4.78, 5) is 19.2. The smallest absolute Gasteiger partial charge is 0.303 e. The minimum atomic E-state index is -4.15. The molecule has 1 atom stereocenters. The van der Waals surface area contributed by atoms with E-state index in [2.05, 4.69) is 15.1 Å². The Balaban J connectivity index is 1.76. The second kappa shape index (κ2) is 11.2. The number of halogens is 1. The molecule has 0 saturated carbocycles. The molecule has 0 fully saturated rings. The van der Waals surface area contributed by atoms with Crippen LogP contribution in [-0.4, -0.2) is 58.5 Å². The van der Waals surface area contributed by atoms with E-state index in [1.54, 1.807) is 37.3 Å². The molecule has 4 rings (SSSR count). The standard InChI is InChI=1S/C24H26ClN5O6S/c1-3-29-15-21(24(28-29)35-4-2)37(33,34)30-14-17(7-10-22(31)32)36-20-9-6-16(13-19(20)30)5-8-18-23(25)27-12-11-26-18/h5-6,8-9,11-13,15,17H,3-4,7,10,14H2,1-2H3,(H,31,32)/b8-5+/t17-/m0/s1. The van der Waals surface area contributed by atoms with Crippen molar-refractivity contribution in [3.63, 3.8) is 0 Å². The van der Waals surface area contributed by atoms with Gasteiger partial charge in [0.25, 0.3) is 15.9 Å². The van der Waals surface area contributed by atoms with Gasteiger partial charge in [-0.1, -0.05) is 23.7 Å². The van der Waals surface area contributed by atoms with Crippen LogP contribution >= 0.6 is 11.6 Å². The number of nitrogens with zero attached hydrogens (tertiary/aromatic N) is 5. The number of aromatic nitrogens is 4. The molecule has 37 heavy (non-hydrogen) atoms. The van der Waals surface area contributed by atoms with E-state index in [0.29, 0.717) is 29.2 Å². The van der Waals surface area contributed by atoms with Crippen LogP contribution in [0.25, 0.3) is 12.2 Å². The van der Waals surface area contributed by atoms with Crippen LogP contribution in [0, 0.1) is 0 Å². The highest BCUT2D eigenvalue weighted by molar-refractivity contribution is 7.93. The maximum Gasteiger partial charge on any atom is 0.303 e. The second-order valence-corrected chi connectivity index (χ2v) is 10.3. The van der Waals surface area contributed by atoms with Gasteiger partial charge in [-0.3, -0.25) is 18.8 Å². The van der Waals surface area contributed by atoms with Crippen LogP contribution < -0.4 is 13.8 Å². The van der Waals surface area contributed by atoms with Crippen LogP contribution in [0.2, 0.25) is 5.15 Å². The number of fused-ring (bicyclic) bond motifs is 1. The summed E-state index contributed by atoms with van der Waals surface area (Å²) in [7, 11) is -4.15. The SMILES string of the molecule is CCOc1nn(CC)cc1S(=O)(=O)N1C[C@H](CCC(=O)O)Oc2ccc(/C=C/c3nccnc3Cl)cc21. The fraction of sp³-hybridized carbons (Fsp3) is 0.333. The number of carboxylic acid groups (broad SMARTS) is 1. The zero-order chi connectivity index (χ0) is 26.6. The number of hydrogen-bond donors (Lipinski definition) is 1. The number of ether oxygens (including phenoxy) is 2. The average molecular weight is 548 g/mol. The summed E-state index contributed by atoms with van der Waals surface area (Å²) >= 11 is 6.09. The van der Waals surface area contributed by atoms with Crippen LogP contribution in [0.3, 0.4) is 0 Å². The minimum absolute atomic E-state index is 0.00724. The molecule has 3 aromatic rings. The van der Waals surface area contributed by atoms with E-state index in [1.165, 1.54) is 27.6 Å².